The summed E-state index contributed by atoms with van der Waals surface area (Å²) in [5.74, 6) is 0.361. The number of nitrogens with one attached hydrogen (secondary N) is 2. The van der Waals surface area contributed by atoms with Gasteiger partial charge in [-0.2, -0.15) is 0 Å². The van der Waals surface area contributed by atoms with Crippen molar-refractivity contribution >= 4 is 17.9 Å². The van der Waals surface area contributed by atoms with Crippen LogP contribution in [0.25, 0.3) is 11.1 Å². The van der Waals surface area contributed by atoms with E-state index in [1.807, 2.05) is 30.3 Å². The lowest BCUT2D eigenvalue weighted by atomic mass is 9.87. The minimum Gasteiger partial charge on any atom is -0.426 e. The molecule has 2 saturated carbocycles. The first-order valence-electron chi connectivity index (χ1n) is 12.6. The molecule has 2 N–H and O–H groups in total. The molecule has 6 heteroatoms. The predicted molar refractivity (Wildman–Crippen MR) is 132 cm³/mol. The van der Waals surface area contributed by atoms with Gasteiger partial charge in [0.15, 0.2) is 0 Å². The van der Waals surface area contributed by atoms with Gasteiger partial charge in [-0.25, -0.2) is 4.79 Å². The van der Waals surface area contributed by atoms with Crippen molar-refractivity contribution in [1.29, 1.82) is 0 Å². The maximum atomic E-state index is 12.5. The fourth-order valence-corrected chi connectivity index (χ4v) is 5.00. The standard InChI is InChI=1S/C28H34N2O4/c31-26(18-20-8-3-1-4-9-20)34-25-13-7-10-23(19-25)21-14-16-22(17-15-21)27(32)30-28(33)29-24-11-5-2-6-12-24/h7,10,13-17,19-20,24H,1-6,8-9,11-12,18H2,(H2,29,30,32,33). The van der Waals surface area contributed by atoms with Gasteiger partial charge in [0, 0.05) is 18.0 Å². The molecule has 180 valence electrons. The van der Waals surface area contributed by atoms with Crippen molar-refractivity contribution in [3.05, 3.63) is 54.1 Å². The smallest absolute Gasteiger partial charge is 0.321 e. The number of hydrogen-bond donors (Lipinski definition) is 2. The quantitative estimate of drug-likeness (QED) is 0.407. The molecule has 2 aromatic carbocycles. The Morgan fingerprint density at radius 2 is 1.47 bits per heavy atom. The van der Waals surface area contributed by atoms with E-state index in [0.29, 0.717) is 23.7 Å². The van der Waals surface area contributed by atoms with Gasteiger partial charge >= 0.3 is 12.0 Å². The zero-order chi connectivity index (χ0) is 23.8. The third kappa shape index (κ3) is 6.92. The molecule has 4 rings (SSSR count). The highest BCUT2D eigenvalue weighted by molar-refractivity contribution is 6.04. The van der Waals surface area contributed by atoms with Crippen LogP contribution in [0, 0.1) is 5.92 Å². The van der Waals surface area contributed by atoms with Gasteiger partial charge in [-0.15, -0.1) is 0 Å². The molecule has 6 nitrogen and oxygen atoms in total. The van der Waals surface area contributed by atoms with E-state index in [-0.39, 0.29) is 12.0 Å². The van der Waals surface area contributed by atoms with Gasteiger partial charge in [0.1, 0.15) is 5.75 Å². The third-order valence-corrected chi connectivity index (χ3v) is 6.89. The molecule has 2 fully saturated rings. The van der Waals surface area contributed by atoms with E-state index in [1.165, 1.54) is 25.7 Å². The average Bonchev–Trinajstić information content (AvgIpc) is 2.85. The maximum Gasteiger partial charge on any atom is 0.321 e. The first-order valence-corrected chi connectivity index (χ1v) is 12.6. The van der Waals surface area contributed by atoms with E-state index in [4.69, 9.17) is 4.74 Å². The summed E-state index contributed by atoms with van der Waals surface area (Å²) in [6.07, 6.45) is 11.7. The van der Waals surface area contributed by atoms with Crippen LogP contribution < -0.4 is 15.4 Å². The molecular weight excluding hydrogens is 428 g/mol. The van der Waals surface area contributed by atoms with Crippen molar-refractivity contribution in [2.24, 2.45) is 5.92 Å². The molecule has 2 aliphatic carbocycles. The van der Waals surface area contributed by atoms with E-state index in [9.17, 15) is 14.4 Å². The summed E-state index contributed by atoms with van der Waals surface area (Å²) in [6, 6.07) is 14.2. The highest BCUT2D eigenvalue weighted by Gasteiger charge is 2.19. The molecule has 0 spiro atoms. The summed E-state index contributed by atoms with van der Waals surface area (Å²) in [5.41, 5.74) is 2.20. The highest BCUT2D eigenvalue weighted by atomic mass is 16.5. The number of carbonyl (C=O) groups excluding carboxylic acids is 3. The SMILES string of the molecule is O=C(NC(=O)c1ccc(-c2cccc(OC(=O)CC3CCCCC3)c2)cc1)NC1CCCCC1. The second kappa shape index (κ2) is 11.8. The van der Waals surface area contributed by atoms with Gasteiger partial charge in [-0.1, -0.05) is 62.8 Å². The second-order valence-corrected chi connectivity index (χ2v) is 9.55. The number of esters is 1. The van der Waals surface area contributed by atoms with Crippen LogP contribution in [0.15, 0.2) is 48.5 Å². The summed E-state index contributed by atoms with van der Waals surface area (Å²) in [5, 5.41) is 5.31. The normalized spacial score (nSPS) is 17.1. The van der Waals surface area contributed by atoms with E-state index in [0.717, 1.165) is 49.7 Å². The fraction of sp³-hybridized carbons (Fsp3) is 0.464. The van der Waals surface area contributed by atoms with Crippen molar-refractivity contribution in [2.75, 3.05) is 0 Å². The summed E-state index contributed by atoms with van der Waals surface area (Å²) in [7, 11) is 0. The Labute approximate surface area is 201 Å². The third-order valence-electron chi connectivity index (χ3n) is 6.89. The molecule has 0 bridgehead atoms. The topological polar surface area (TPSA) is 84.5 Å². The molecule has 0 heterocycles. The molecule has 3 amide bonds. The van der Waals surface area contributed by atoms with Gasteiger partial charge in [0.05, 0.1) is 0 Å². The molecule has 0 aliphatic heterocycles. The summed E-state index contributed by atoms with van der Waals surface area (Å²) in [6.45, 7) is 0. The number of ether oxygens (including phenoxy) is 1. The lowest BCUT2D eigenvalue weighted by Crippen LogP contribution is -2.45. The van der Waals surface area contributed by atoms with Crippen LogP contribution in [0.2, 0.25) is 0 Å². The Morgan fingerprint density at radius 1 is 0.794 bits per heavy atom. The minimum absolute atomic E-state index is 0.146. The van der Waals surface area contributed by atoms with Crippen LogP contribution in [0.3, 0.4) is 0 Å². The second-order valence-electron chi connectivity index (χ2n) is 9.55. The Balaban J connectivity index is 1.31. The molecule has 0 saturated heterocycles. The Bertz CT molecular complexity index is 990. The number of hydrogen-bond acceptors (Lipinski definition) is 4. The maximum absolute atomic E-state index is 12.5. The lowest BCUT2D eigenvalue weighted by Gasteiger charge is -2.22. The van der Waals surface area contributed by atoms with Crippen LogP contribution in [0.5, 0.6) is 5.75 Å². The van der Waals surface area contributed by atoms with Crippen molar-refractivity contribution < 1.29 is 19.1 Å². The zero-order valence-electron chi connectivity index (χ0n) is 19.7. The fourth-order valence-electron chi connectivity index (χ4n) is 5.00. The number of amides is 3. The van der Waals surface area contributed by atoms with Crippen LogP contribution in [-0.2, 0) is 4.79 Å². The number of urea groups is 1. The predicted octanol–water partition coefficient (Wildman–Crippen LogP) is 6.00. The van der Waals surface area contributed by atoms with Crippen molar-refractivity contribution in [3.8, 4) is 16.9 Å². The first-order chi connectivity index (χ1) is 16.6. The molecule has 2 aliphatic rings. The van der Waals surface area contributed by atoms with Gasteiger partial charge in [0.25, 0.3) is 5.91 Å². The van der Waals surface area contributed by atoms with Crippen LogP contribution in [0.4, 0.5) is 4.79 Å². The summed E-state index contributed by atoms with van der Waals surface area (Å²) in [4.78, 5) is 37.0. The van der Waals surface area contributed by atoms with Gasteiger partial charge in [-0.3, -0.25) is 14.9 Å². The van der Waals surface area contributed by atoms with Crippen LogP contribution >= 0.6 is 0 Å². The van der Waals surface area contributed by atoms with Gasteiger partial charge in [-0.05, 0) is 67.0 Å². The van der Waals surface area contributed by atoms with Crippen LogP contribution in [0.1, 0.15) is 81.0 Å². The largest absolute Gasteiger partial charge is 0.426 e. The molecule has 0 unspecified atom stereocenters. The summed E-state index contributed by atoms with van der Waals surface area (Å²) < 4.78 is 5.60. The van der Waals surface area contributed by atoms with Gasteiger partial charge < -0.3 is 10.1 Å². The van der Waals surface area contributed by atoms with E-state index < -0.39 is 11.9 Å². The first kappa shape index (κ1) is 24.0. The Morgan fingerprint density at radius 3 is 2.18 bits per heavy atom. The van der Waals surface area contributed by atoms with E-state index >= 15 is 0 Å². The molecular formula is C28H34N2O4. The average molecular weight is 463 g/mol. The number of imide groups is 1. The molecule has 0 atom stereocenters. The Kier molecular flexibility index (Phi) is 8.34. The number of carbonyl (C=O) groups is 3. The monoisotopic (exact) mass is 462 g/mol. The van der Waals surface area contributed by atoms with Crippen LogP contribution in [-0.4, -0.2) is 23.9 Å². The zero-order valence-corrected chi connectivity index (χ0v) is 19.7. The molecule has 34 heavy (non-hydrogen) atoms. The molecule has 2 aromatic rings. The molecule has 0 aromatic heterocycles. The van der Waals surface area contributed by atoms with E-state index in [2.05, 4.69) is 10.6 Å². The van der Waals surface area contributed by atoms with Crippen molar-refractivity contribution in [2.45, 2.75) is 76.7 Å². The molecule has 0 radical (unpaired) electrons. The number of rotatable bonds is 6. The lowest BCUT2D eigenvalue weighted by molar-refractivity contribution is -0.135. The summed E-state index contributed by atoms with van der Waals surface area (Å²) >= 11 is 0. The minimum atomic E-state index is -0.441. The number of benzene rings is 2. The highest BCUT2D eigenvalue weighted by Crippen LogP contribution is 2.28. The Hall–Kier alpha value is -3.15. The van der Waals surface area contributed by atoms with Crippen molar-refractivity contribution in [3.63, 3.8) is 0 Å². The van der Waals surface area contributed by atoms with E-state index in [1.54, 1.807) is 18.2 Å². The van der Waals surface area contributed by atoms with Crippen molar-refractivity contribution in [1.82, 2.24) is 10.6 Å². The van der Waals surface area contributed by atoms with Gasteiger partial charge in [0.2, 0.25) is 0 Å².